The number of carboxylic acid groups (broad SMARTS) is 1. The van der Waals surface area contributed by atoms with Crippen molar-refractivity contribution in [2.24, 2.45) is 5.92 Å². The van der Waals surface area contributed by atoms with Gasteiger partial charge in [0, 0.05) is 6.54 Å². The van der Waals surface area contributed by atoms with Crippen LogP contribution in [-0.2, 0) is 14.8 Å². The highest BCUT2D eigenvalue weighted by Gasteiger charge is 2.35. The van der Waals surface area contributed by atoms with Crippen LogP contribution in [0.1, 0.15) is 47.4 Å². The van der Waals surface area contributed by atoms with Crippen molar-refractivity contribution in [3.05, 3.63) is 35.4 Å². The minimum atomic E-state index is -3.85. The molecule has 0 aromatic heterocycles. The third-order valence-electron chi connectivity index (χ3n) is 4.00. The molecule has 8 nitrogen and oxygen atoms in total. The first kappa shape index (κ1) is 20.1. The molecule has 1 aromatic carbocycles. The number of nitrogens with one attached hydrogen (secondary N) is 1. The van der Waals surface area contributed by atoms with E-state index in [1.807, 2.05) is 0 Å². The summed E-state index contributed by atoms with van der Waals surface area (Å²) in [5, 5.41) is 9.13. The second-order valence-electron chi connectivity index (χ2n) is 6.62. The van der Waals surface area contributed by atoms with Crippen LogP contribution in [0.4, 0.5) is 0 Å². The number of fused-ring (bicyclic) bond motifs is 1. The van der Waals surface area contributed by atoms with E-state index in [2.05, 4.69) is 4.72 Å². The molecule has 2 N–H and O–H groups in total. The average Bonchev–Trinajstić information content (AvgIpc) is 2.79. The Labute approximate surface area is 152 Å². The number of sulfonamides is 1. The Kier molecular flexibility index (Phi) is 6.14. The van der Waals surface area contributed by atoms with Crippen molar-refractivity contribution < 1.29 is 27.9 Å². The van der Waals surface area contributed by atoms with Gasteiger partial charge in [-0.05, 0) is 30.9 Å². The van der Waals surface area contributed by atoms with Gasteiger partial charge in [0.25, 0.3) is 11.8 Å². The summed E-state index contributed by atoms with van der Waals surface area (Å²) >= 11 is 0. The summed E-state index contributed by atoms with van der Waals surface area (Å²) in [4.78, 5) is 36.6. The Balaban J connectivity index is 1.94. The first-order chi connectivity index (χ1) is 12.1. The van der Waals surface area contributed by atoms with Gasteiger partial charge in [0.05, 0.1) is 16.9 Å². The van der Waals surface area contributed by atoms with Gasteiger partial charge in [-0.2, -0.15) is 0 Å². The van der Waals surface area contributed by atoms with Crippen LogP contribution < -0.4 is 4.72 Å². The molecule has 0 saturated carbocycles. The van der Waals surface area contributed by atoms with Gasteiger partial charge in [-0.25, -0.2) is 13.1 Å². The second kappa shape index (κ2) is 7.96. The highest BCUT2D eigenvalue weighted by molar-refractivity contribution is 7.89. The van der Waals surface area contributed by atoms with E-state index < -0.39 is 33.8 Å². The zero-order valence-electron chi connectivity index (χ0n) is 14.6. The summed E-state index contributed by atoms with van der Waals surface area (Å²) in [7, 11) is -3.85. The van der Waals surface area contributed by atoms with Crippen molar-refractivity contribution >= 4 is 27.8 Å². The predicted molar refractivity (Wildman–Crippen MR) is 94.2 cm³/mol. The van der Waals surface area contributed by atoms with Crippen molar-refractivity contribution in [3.8, 4) is 0 Å². The summed E-state index contributed by atoms with van der Waals surface area (Å²) in [6, 6.07) is 5.22. The number of carbonyl (C=O) groups excluding carboxylic acids is 2. The molecule has 1 aliphatic rings. The summed E-state index contributed by atoms with van der Waals surface area (Å²) in [5.74, 6) is -2.49. The number of hydrogen-bond acceptors (Lipinski definition) is 5. The van der Waals surface area contributed by atoms with Gasteiger partial charge in [-0.3, -0.25) is 19.3 Å². The summed E-state index contributed by atoms with van der Waals surface area (Å²) in [6.07, 6.45) is 0.196. The number of amides is 2. The van der Waals surface area contributed by atoms with Crippen molar-refractivity contribution in [1.29, 1.82) is 0 Å². The first-order valence-electron chi connectivity index (χ1n) is 8.30. The molecule has 0 fully saturated rings. The zero-order chi connectivity index (χ0) is 19.5. The molecule has 1 atom stereocenters. The molecular weight excluding hydrogens is 360 g/mol. The van der Waals surface area contributed by atoms with E-state index in [4.69, 9.17) is 5.11 Å². The van der Waals surface area contributed by atoms with E-state index in [0.29, 0.717) is 11.1 Å². The molecule has 1 aliphatic heterocycles. The largest absolute Gasteiger partial charge is 0.480 e. The van der Waals surface area contributed by atoms with E-state index in [0.717, 1.165) is 4.90 Å². The maximum atomic E-state index is 12.2. The van der Waals surface area contributed by atoms with Gasteiger partial charge < -0.3 is 5.11 Å². The van der Waals surface area contributed by atoms with Gasteiger partial charge in [-0.15, -0.1) is 0 Å². The molecule has 2 rings (SSSR count). The Morgan fingerprint density at radius 2 is 1.69 bits per heavy atom. The van der Waals surface area contributed by atoms with E-state index in [1.54, 1.807) is 38.1 Å². The predicted octanol–water partition coefficient (Wildman–Crippen LogP) is 1.09. The molecule has 26 heavy (non-hydrogen) atoms. The number of rotatable bonds is 9. The van der Waals surface area contributed by atoms with E-state index in [1.165, 1.54) is 0 Å². The van der Waals surface area contributed by atoms with Gasteiger partial charge >= 0.3 is 5.97 Å². The lowest BCUT2D eigenvalue weighted by Crippen LogP contribution is -2.43. The molecule has 2 amide bonds. The van der Waals surface area contributed by atoms with Crippen LogP contribution in [0.25, 0.3) is 0 Å². The molecule has 1 heterocycles. The smallest absolute Gasteiger partial charge is 0.321 e. The number of carbonyl (C=O) groups is 3. The SMILES string of the molecule is CC(C)CC(NS(=O)(=O)CCCN1C(=O)c2ccccc2C1=O)C(=O)O. The monoisotopic (exact) mass is 382 g/mol. The Morgan fingerprint density at radius 3 is 2.15 bits per heavy atom. The molecular formula is C17H22N2O6S. The van der Waals surface area contributed by atoms with Gasteiger partial charge in [0.15, 0.2) is 0 Å². The fourth-order valence-corrected chi connectivity index (χ4v) is 4.06. The normalized spacial score (nSPS) is 15.4. The van der Waals surface area contributed by atoms with Crippen molar-refractivity contribution in [3.63, 3.8) is 0 Å². The van der Waals surface area contributed by atoms with E-state index in [9.17, 15) is 22.8 Å². The second-order valence-corrected chi connectivity index (χ2v) is 8.49. The van der Waals surface area contributed by atoms with Crippen molar-refractivity contribution in [1.82, 2.24) is 9.62 Å². The molecule has 0 radical (unpaired) electrons. The number of aliphatic carboxylic acids is 1. The molecule has 9 heteroatoms. The quantitative estimate of drug-likeness (QED) is 0.617. The van der Waals surface area contributed by atoms with Crippen LogP contribution >= 0.6 is 0 Å². The zero-order valence-corrected chi connectivity index (χ0v) is 15.5. The van der Waals surface area contributed by atoms with Crippen LogP contribution in [0.15, 0.2) is 24.3 Å². The van der Waals surface area contributed by atoms with Crippen LogP contribution in [0.3, 0.4) is 0 Å². The fourth-order valence-electron chi connectivity index (χ4n) is 2.80. The summed E-state index contributed by atoms with van der Waals surface area (Å²) in [5.41, 5.74) is 0.614. The van der Waals surface area contributed by atoms with E-state index in [-0.39, 0.29) is 31.1 Å². The van der Waals surface area contributed by atoms with Crippen LogP contribution in [0, 0.1) is 5.92 Å². The number of hydrogen-bond donors (Lipinski definition) is 2. The highest BCUT2D eigenvalue weighted by atomic mass is 32.2. The van der Waals surface area contributed by atoms with Gasteiger partial charge in [0.1, 0.15) is 6.04 Å². The minimum Gasteiger partial charge on any atom is -0.480 e. The molecule has 0 saturated heterocycles. The van der Waals surface area contributed by atoms with Gasteiger partial charge in [-0.1, -0.05) is 26.0 Å². The van der Waals surface area contributed by atoms with Crippen LogP contribution in [-0.4, -0.2) is 54.5 Å². The molecule has 1 unspecified atom stereocenters. The lowest BCUT2D eigenvalue weighted by atomic mass is 10.1. The number of benzene rings is 1. The lowest BCUT2D eigenvalue weighted by molar-refractivity contribution is -0.139. The molecule has 0 spiro atoms. The molecule has 1 aromatic rings. The number of carboxylic acids is 1. The fraction of sp³-hybridized carbons (Fsp3) is 0.471. The number of nitrogens with zero attached hydrogens (tertiary/aromatic N) is 1. The van der Waals surface area contributed by atoms with Crippen molar-refractivity contribution in [2.75, 3.05) is 12.3 Å². The Bertz CT molecular complexity index is 783. The third-order valence-corrected chi connectivity index (χ3v) is 5.47. The van der Waals surface area contributed by atoms with Crippen LogP contribution in [0.2, 0.25) is 0 Å². The van der Waals surface area contributed by atoms with Gasteiger partial charge in [0.2, 0.25) is 10.0 Å². The molecule has 0 aliphatic carbocycles. The average molecular weight is 382 g/mol. The van der Waals surface area contributed by atoms with Crippen LogP contribution in [0.5, 0.6) is 0 Å². The summed E-state index contributed by atoms with van der Waals surface area (Å²) in [6.45, 7) is 3.55. The lowest BCUT2D eigenvalue weighted by Gasteiger charge is -2.17. The maximum absolute atomic E-state index is 12.2. The standard InChI is InChI=1S/C17H22N2O6S/c1-11(2)10-14(17(22)23)18-26(24,25)9-5-8-19-15(20)12-6-3-4-7-13(12)16(19)21/h3-4,6-7,11,14,18H,5,8-10H2,1-2H3,(H,22,23). The topological polar surface area (TPSA) is 121 Å². The maximum Gasteiger partial charge on any atom is 0.321 e. The van der Waals surface area contributed by atoms with E-state index >= 15 is 0 Å². The minimum absolute atomic E-state index is 0.0112. The Hall–Kier alpha value is -2.26. The third kappa shape index (κ3) is 4.67. The molecule has 0 bridgehead atoms. The van der Waals surface area contributed by atoms with Crippen molar-refractivity contribution in [2.45, 2.75) is 32.7 Å². The highest BCUT2D eigenvalue weighted by Crippen LogP contribution is 2.22. The first-order valence-corrected chi connectivity index (χ1v) is 9.95. The Morgan fingerprint density at radius 1 is 1.15 bits per heavy atom. The summed E-state index contributed by atoms with van der Waals surface area (Å²) < 4.78 is 26.4. The molecule has 142 valence electrons. The number of imide groups is 1.